The molecule has 3 aliphatic heterocycles. The summed E-state index contributed by atoms with van der Waals surface area (Å²) < 4.78 is 15.3. The molecule has 0 saturated carbocycles. The number of halogens is 1. The third-order valence-corrected chi connectivity index (χ3v) is 7.48. The van der Waals surface area contributed by atoms with Crippen LogP contribution in [0.1, 0.15) is 30.1 Å². The SMILES string of the molecule is C=C[C@H]1C[N@+]2(Cc3ccccc3F)CC[C@H]1C[C@H]2[C@H](O)c1ccnc2ccccc12. The number of hydrogen-bond acceptors (Lipinski definition) is 2. The van der Waals surface area contributed by atoms with E-state index in [9.17, 15) is 9.50 Å². The van der Waals surface area contributed by atoms with Crippen LogP contribution >= 0.6 is 0 Å². The van der Waals surface area contributed by atoms with E-state index < -0.39 is 6.10 Å². The number of aliphatic hydroxyl groups excluding tert-OH is 1. The second kappa shape index (κ2) is 7.60. The van der Waals surface area contributed by atoms with E-state index in [-0.39, 0.29) is 11.9 Å². The first kappa shape index (κ1) is 19.4. The number of pyridine rings is 1. The van der Waals surface area contributed by atoms with Crippen LogP contribution in [0.3, 0.4) is 0 Å². The van der Waals surface area contributed by atoms with Gasteiger partial charge >= 0.3 is 0 Å². The molecule has 4 heteroatoms. The molecule has 6 rings (SSSR count). The first-order chi connectivity index (χ1) is 14.6. The van der Waals surface area contributed by atoms with Gasteiger partial charge < -0.3 is 9.59 Å². The highest BCUT2D eigenvalue weighted by Crippen LogP contribution is 2.48. The topological polar surface area (TPSA) is 33.1 Å². The average Bonchev–Trinajstić information content (AvgIpc) is 2.79. The van der Waals surface area contributed by atoms with E-state index in [1.165, 1.54) is 6.07 Å². The highest BCUT2D eigenvalue weighted by atomic mass is 19.1. The van der Waals surface area contributed by atoms with Crippen LogP contribution in [-0.4, -0.2) is 33.7 Å². The van der Waals surface area contributed by atoms with Gasteiger partial charge in [-0.15, -0.1) is 6.58 Å². The highest BCUT2D eigenvalue weighted by Gasteiger charge is 2.54. The van der Waals surface area contributed by atoms with E-state index in [4.69, 9.17) is 0 Å². The predicted octanol–water partition coefficient (Wildman–Crippen LogP) is 5.02. The van der Waals surface area contributed by atoms with Crippen LogP contribution in [-0.2, 0) is 6.54 Å². The Balaban J connectivity index is 1.57. The zero-order chi connectivity index (χ0) is 20.7. The minimum atomic E-state index is -0.613. The number of fused-ring (bicyclic) bond motifs is 4. The molecule has 1 aromatic heterocycles. The largest absolute Gasteiger partial charge is 0.382 e. The molecule has 30 heavy (non-hydrogen) atoms. The number of benzene rings is 2. The summed E-state index contributed by atoms with van der Waals surface area (Å²) in [6.07, 6.45) is 5.28. The van der Waals surface area contributed by atoms with Gasteiger partial charge in [-0.25, -0.2) is 4.39 Å². The van der Waals surface area contributed by atoms with Crippen molar-refractivity contribution in [3.8, 4) is 0 Å². The molecule has 0 aliphatic carbocycles. The van der Waals surface area contributed by atoms with Gasteiger partial charge in [0.1, 0.15) is 24.5 Å². The summed E-state index contributed by atoms with van der Waals surface area (Å²) in [6.45, 7) is 6.55. The van der Waals surface area contributed by atoms with E-state index >= 15 is 0 Å². The van der Waals surface area contributed by atoms with E-state index in [1.54, 1.807) is 12.3 Å². The maximum absolute atomic E-state index is 14.6. The summed E-state index contributed by atoms with van der Waals surface area (Å²) in [7, 11) is 0. The average molecular weight is 404 g/mol. The van der Waals surface area contributed by atoms with E-state index in [1.807, 2.05) is 42.5 Å². The molecule has 2 bridgehead atoms. The summed E-state index contributed by atoms with van der Waals surface area (Å²) in [6, 6.07) is 17.0. The Bertz CT molecular complexity index is 1080. The molecule has 1 N–H and O–H groups in total. The van der Waals surface area contributed by atoms with E-state index in [0.717, 1.165) is 48.0 Å². The minimum absolute atomic E-state index is 0.0327. The molecule has 3 saturated heterocycles. The zero-order valence-corrected chi connectivity index (χ0v) is 17.1. The molecule has 2 aromatic carbocycles. The standard InChI is InChI=1S/C26H28FN2O/c1-2-18-16-29(17-20-7-3-5-9-23(20)27)14-12-19(18)15-25(29)26(30)22-11-13-28-24-10-6-4-8-21(22)24/h2-11,13,18-19,25-26,30H,1,12,14-17H2/q+1/t18-,19-,25-,26+,29-/m0/s1. The lowest BCUT2D eigenvalue weighted by molar-refractivity contribution is -0.985. The van der Waals surface area contributed by atoms with Gasteiger partial charge in [0.05, 0.1) is 18.6 Å². The van der Waals surface area contributed by atoms with Crippen molar-refractivity contribution in [3.05, 3.63) is 90.4 Å². The Kier molecular flexibility index (Phi) is 4.92. The lowest BCUT2D eigenvalue weighted by atomic mass is 9.71. The van der Waals surface area contributed by atoms with Crippen molar-refractivity contribution in [1.82, 2.24) is 4.98 Å². The minimum Gasteiger partial charge on any atom is -0.382 e. The number of aliphatic hydroxyl groups is 1. The molecule has 3 aromatic rings. The number of para-hydroxylation sites is 1. The summed E-state index contributed by atoms with van der Waals surface area (Å²) in [4.78, 5) is 4.46. The molecule has 5 atom stereocenters. The summed E-state index contributed by atoms with van der Waals surface area (Å²) >= 11 is 0. The molecule has 4 heterocycles. The molecule has 154 valence electrons. The van der Waals surface area contributed by atoms with Gasteiger partial charge in [0, 0.05) is 35.9 Å². The van der Waals surface area contributed by atoms with Gasteiger partial charge in [-0.1, -0.05) is 42.5 Å². The third kappa shape index (κ3) is 3.15. The first-order valence-electron chi connectivity index (χ1n) is 10.8. The quantitative estimate of drug-likeness (QED) is 0.479. The molecule has 0 unspecified atom stereocenters. The number of quaternary nitrogens is 1. The van der Waals surface area contributed by atoms with Crippen molar-refractivity contribution in [2.24, 2.45) is 11.8 Å². The summed E-state index contributed by atoms with van der Waals surface area (Å²) in [5, 5.41) is 12.7. The van der Waals surface area contributed by atoms with Crippen molar-refractivity contribution in [2.45, 2.75) is 31.5 Å². The van der Waals surface area contributed by atoms with Gasteiger partial charge in [-0.05, 0) is 29.7 Å². The van der Waals surface area contributed by atoms with E-state index in [2.05, 4.69) is 17.6 Å². The maximum Gasteiger partial charge on any atom is 0.132 e. The van der Waals surface area contributed by atoms with Crippen LogP contribution in [0.5, 0.6) is 0 Å². The molecule has 3 fully saturated rings. The van der Waals surface area contributed by atoms with Gasteiger partial charge in [0.2, 0.25) is 0 Å². The van der Waals surface area contributed by atoms with Crippen molar-refractivity contribution < 1.29 is 14.0 Å². The fourth-order valence-corrected chi connectivity index (χ4v) is 5.93. The van der Waals surface area contributed by atoms with Gasteiger partial charge in [-0.2, -0.15) is 0 Å². The summed E-state index contributed by atoms with van der Waals surface area (Å²) in [5.74, 6) is 0.800. The van der Waals surface area contributed by atoms with Crippen LogP contribution in [0.25, 0.3) is 10.9 Å². The van der Waals surface area contributed by atoms with Crippen LogP contribution in [0.4, 0.5) is 4.39 Å². The third-order valence-electron chi connectivity index (χ3n) is 7.48. The van der Waals surface area contributed by atoms with Crippen molar-refractivity contribution >= 4 is 10.9 Å². The fraction of sp³-hybridized carbons (Fsp3) is 0.346. The van der Waals surface area contributed by atoms with Crippen LogP contribution in [0.2, 0.25) is 0 Å². The lowest BCUT2D eigenvalue weighted by Crippen LogP contribution is -2.67. The number of rotatable bonds is 5. The van der Waals surface area contributed by atoms with Crippen LogP contribution < -0.4 is 0 Å². The number of hydrogen-bond donors (Lipinski definition) is 1. The normalized spacial score (nSPS) is 29.1. The van der Waals surface area contributed by atoms with Crippen molar-refractivity contribution in [1.29, 1.82) is 0 Å². The Morgan fingerprint density at radius 2 is 1.97 bits per heavy atom. The van der Waals surface area contributed by atoms with Gasteiger partial charge in [0.15, 0.2) is 0 Å². The zero-order valence-electron chi connectivity index (χ0n) is 17.1. The summed E-state index contributed by atoms with van der Waals surface area (Å²) in [5.41, 5.74) is 2.56. The molecule has 0 radical (unpaired) electrons. The maximum atomic E-state index is 14.6. The molecule has 3 nitrogen and oxygen atoms in total. The highest BCUT2D eigenvalue weighted by molar-refractivity contribution is 5.82. The Morgan fingerprint density at radius 1 is 1.17 bits per heavy atom. The monoisotopic (exact) mass is 403 g/mol. The number of aromatic nitrogens is 1. The first-order valence-corrected chi connectivity index (χ1v) is 10.8. The van der Waals surface area contributed by atoms with Gasteiger partial charge in [-0.3, -0.25) is 4.98 Å². The fourth-order valence-electron chi connectivity index (χ4n) is 5.93. The van der Waals surface area contributed by atoms with E-state index in [0.29, 0.717) is 22.9 Å². The molecule has 0 amide bonds. The van der Waals surface area contributed by atoms with Gasteiger partial charge in [0.25, 0.3) is 0 Å². The van der Waals surface area contributed by atoms with Crippen molar-refractivity contribution in [2.75, 3.05) is 13.1 Å². The van der Waals surface area contributed by atoms with Crippen molar-refractivity contribution in [3.63, 3.8) is 0 Å². The second-order valence-corrected chi connectivity index (χ2v) is 8.99. The lowest BCUT2D eigenvalue weighted by Gasteiger charge is -2.58. The smallest absolute Gasteiger partial charge is 0.132 e. The molecule has 0 spiro atoms. The number of nitrogens with zero attached hydrogens (tertiary/aromatic N) is 2. The second-order valence-electron chi connectivity index (χ2n) is 8.99. The Hall–Kier alpha value is -2.56. The molecule has 3 aliphatic rings. The Labute approximate surface area is 177 Å². The van der Waals surface area contributed by atoms with Crippen LogP contribution in [0, 0.1) is 17.7 Å². The molecular weight excluding hydrogens is 375 g/mol. The Morgan fingerprint density at radius 3 is 2.80 bits per heavy atom. The number of piperidine rings is 3. The predicted molar refractivity (Wildman–Crippen MR) is 117 cm³/mol. The van der Waals surface area contributed by atoms with Crippen LogP contribution in [0.15, 0.2) is 73.4 Å². The molecular formula is C26H28FN2O+.